The second kappa shape index (κ2) is 14.2. The third kappa shape index (κ3) is 9.85. The molecule has 0 aliphatic rings. The van der Waals surface area contributed by atoms with Crippen molar-refractivity contribution in [3.63, 3.8) is 0 Å². The molecule has 0 amide bonds. The van der Waals surface area contributed by atoms with Gasteiger partial charge in [-0.2, -0.15) is 0 Å². The van der Waals surface area contributed by atoms with Gasteiger partial charge in [0.25, 0.3) is 0 Å². The van der Waals surface area contributed by atoms with Gasteiger partial charge in [-0.15, -0.1) is 0 Å². The Bertz CT molecular complexity index is 389. The van der Waals surface area contributed by atoms with Crippen LogP contribution in [0.2, 0.25) is 0 Å². The monoisotopic (exact) mass is 333 g/mol. The maximum atomic E-state index is 9.77. The van der Waals surface area contributed by atoms with Gasteiger partial charge < -0.3 is 10.0 Å². The molecule has 0 radical (unpaired) electrons. The van der Waals surface area contributed by atoms with Gasteiger partial charge in [0, 0.05) is 24.8 Å². The predicted octanol–water partition coefficient (Wildman–Crippen LogP) is 6.92. The quantitative estimate of drug-likeness (QED) is 0.352. The number of unbranched alkanes of at least 4 members (excludes halogenated alkanes) is 10. The van der Waals surface area contributed by atoms with Crippen LogP contribution in [0.5, 0.6) is 5.75 Å². The average molecular weight is 334 g/mol. The van der Waals surface area contributed by atoms with E-state index in [1.165, 1.54) is 82.7 Å². The van der Waals surface area contributed by atoms with Crippen LogP contribution in [0.1, 0.15) is 90.9 Å². The summed E-state index contributed by atoms with van der Waals surface area (Å²) in [6.07, 6.45) is 16.0. The van der Waals surface area contributed by atoms with Gasteiger partial charge in [-0.25, -0.2) is 0 Å². The van der Waals surface area contributed by atoms with E-state index in [4.69, 9.17) is 0 Å². The van der Waals surface area contributed by atoms with E-state index in [0.717, 1.165) is 13.1 Å². The molecule has 1 rings (SSSR count). The molecule has 0 aliphatic carbocycles. The molecule has 2 heteroatoms. The second-order valence-electron chi connectivity index (χ2n) is 7.04. The highest BCUT2D eigenvalue weighted by Crippen LogP contribution is 2.21. The maximum Gasteiger partial charge on any atom is 0.117 e. The zero-order valence-corrected chi connectivity index (χ0v) is 16.1. The number of benzene rings is 1. The Kier molecular flexibility index (Phi) is 12.3. The molecule has 24 heavy (non-hydrogen) atoms. The summed E-state index contributed by atoms with van der Waals surface area (Å²) in [4.78, 5) is 2.47. The van der Waals surface area contributed by atoms with E-state index in [9.17, 15) is 5.11 Å². The minimum atomic E-state index is 0.378. The lowest BCUT2D eigenvalue weighted by molar-refractivity contribution is 0.475. The molecule has 0 saturated carbocycles. The zero-order valence-electron chi connectivity index (χ0n) is 16.1. The molecule has 0 aliphatic heterocycles. The third-order valence-electron chi connectivity index (χ3n) is 4.76. The molecule has 0 fully saturated rings. The molecule has 0 heterocycles. The molecule has 1 aromatic rings. The summed E-state index contributed by atoms with van der Waals surface area (Å²) in [6.45, 7) is 6.77. The summed E-state index contributed by atoms with van der Waals surface area (Å²) < 4.78 is 0. The fourth-order valence-corrected chi connectivity index (χ4v) is 3.23. The summed E-state index contributed by atoms with van der Waals surface area (Å²) >= 11 is 0. The Hall–Kier alpha value is -1.18. The van der Waals surface area contributed by atoms with Crippen LogP contribution in [0.4, 0.5) is 5.69 Å². The normalized spacial score (nSPS) is 10.9. The molecule has 1 N–H and O–H groups in total. The van der Waals surface area contributed by atoms with Gasteiger partial charge in [-0.05, 0) is 25.0 Å². The van der Waals surface area contributed by atoms with Crippen molar-refractivity contribution in [1.82, 2.24) is 0 Å². The summed E-state index contributed by atoms with van der Waals surface area (Å²) in [5.41, 5.74) is 1.18. The van der Waals surface area contributed by atoms with Crippen molar-refractivity contribution in [3.05, 3.63) is 24.3 Å². The minimum Gasteiger partial charge on any atom is -0.508 e. The number of hydrogen-bond donors (Lipinski definition) is 1. The van der Waals surface area contributed by atoms with Gasteiger partial charge in [-0.1, -0.05) is 84.1 Å². The fraction of sp³-hybridized carbons (Fsp3) is 0.727. The van der Waals surface area contributed by atoms with Crippen molar-refractivity contribution < 1.29 is 5.11 Å². The Morgan fingerprint density at radius 1 is 0.708 bits per heavy atom. The molecule has 138 valence electrons. The lowest BCUT2D eigenvalue weighted by Gasteiger charge is -2.25. The van der Waals surface area contributed by atoms with E-state index < -0.39 is 0 Å². The van der Waals surface area contributed by atoms with E-state index in [1.54, 1.807) is 6.07 Å². The van der Waals surface area contributed by atoms with Crippen LogP contribution >= 0.6 is 0 Å². The third-order valence-corrected chi connectivity index (χ3v) is 4.76. The smallest absolute Gasteiger partial charge is 0.117 e. The first-order chi connectivity index (χ1) is 11.8. The predicted molar refractivity (Wildman–Crippen MR) is 107 cm³/mol. The molecule has 0 bridgehead atoms. The number of rotatable bonds is 15. The molecule has 1 aromatic carbocycles. The van der Waals surface area contributed by atoms with Gasteiger partial charge in [-0.3, -0.25) is 0 Å². The summed E-state index contributed by atoms with van der Waals surface area (Å²) in [5.74, 6) is 0.378. The van der Waals surface area contributed by atoms with Gasteiger partial charge in [0.2, 0.25) is 0 Å². The van der Waals surface area contributed by atoms with E-state index in [1.807, 2.05) is 12.1 Å². The minimum absolute atomic E-state index is 0.378. The molecular formula is C22H39NO. The van der Waals surface area contributed by atoms with Crippen LogP contribution in [0, 0.1) is 0 Å². The molecule has 0 unspecified atom stereocenters. The van der Waals surface area contributed by atoms with Crippen LogP contribution in [0.25, 0.3) is 0 Å². The summed E-state index contributed by atoms with van der Waals surface area (Å²) in [7, 11) is 0. The van der Waals surface area contributed by atoms with E-state index in [0.29, 0.717) is 5.75 Å². The fourth-order valence-electron chi connectivity index (χ4n) is 3.23. The van der Waals surface area contributed by atoms with Crippen LogP contribution < -0.4 is 4.90 Å². The SMILES string of the molecule is CCCCCCCCN(CCCCCCCC)c1cccc(O)c1. The second-order valence-corrected chi connectivity index (χ2v) is 7.04. The van der Waals surface area contributed by atoms with E-state index >= 15 is 0 Å². The van der Waals surface area contributed by atoms with Crippen molar-refractivity contribution in [2.75, 3.05) is 18.0 Å². The van der Waals surface area contributed by atoms with E-state index in [-0.39, 0.29) is 0 Å². The Labute approximate surface area is 150 Å². The number of nitrogens with zero attached hydrogens (tertiary/aromatic N) is 1. The molecule has 2 nitrogen and oxygen atoms in total. The Morgan fingerprint density at radius 2 is 1.21 bits per heavy atom. The van der Waals surface area contributed by atoms with Crippen LogP contribution in [0.15, 0.2) is 24.3 Å². The highest BCUT2D eigenvalue weighted by molar-refractivity contribution is 5.50. The summed E-state index contributed by atoms with van der Waals surface area (Å²) in [5, 5.41) is 9.77. The zero-order chi connectivity index (χ0) is 17.5. The van der Waals surface area contributed by atoms with Gasteiger partial charge >= 0.3 is 0 Å². The van der Waals surface area contributed by atoms with Crippen molar-refractivity contribution in [1.29, 1.82) is 0 Å². The first-order valence-electron chi connectivity index (χ1n) is 10.3. The maximum absolute atomic E-state index is 9.77. The molecule has 0 atom stereocenters. The molecule has 0 saturated heterocycles. The number of aromatic hydroxyl groups is 1. The van der Waals surface area contributed by atoms with Crippen molar-refractivity contribution in [2.24, 2.45) is 0 Å². The van der Waals surface area contributed by atoms with Crippen LogP contribution in [-0.2, 0) is 0 Å². The molecule has 0 aromatic heterocycles. The highest BCUT2D eigenvalue weighted by Gasteiger charge is 2.07. The number of hydrogen-bond acceptors (Lipinski definition) is 2. The average Bonchev–Trinajstić information content (AvgIpc) is 2.59. The molecular weight excluding hydrogens is 294 g/mol. The van der Waals surface area contributed by atoms with Gasteiger partial charge in [0.05, 0.1) is 0 Å². The lowest BCUT2D eigenvalue weighted by Crippen LogP contribution is -2.25. The highest BCUT2D eigenvalue weighted by atomic mass is 16.3. The largest absolute Gasteiger partial charge is 0.508 e. The van der Waals surface area contributed by atoms with Crippen LogP contribution in [-0.4, -0.2) is 18.2 Å². The topological polar surface area (TPSA) is 23.5 Å². The first-order valence-corrected chi connectivity index (χ1v) is 10.3. The van der Waals surface area contributed by atoms with Gasteiger partial charge in [0.15, 0.2) is 0 Å². The van der Waals surface area contributed by atoms with Crippen LogP contribution in [0.3, 0.4) is 0 Å². The first kappa shape index (κ1) is 20.9. The van der Waals surface area contributed by atoms with Crippen molar-refractivity contribution in [2.45, 2.75) is 90.9 Å². The standard InChI is InChI=1S/C22H39NO/c1-3-5-7-9-11-13-18-23(19-14-12-10-8-6-4-2)21-16-15-17-22(24)20-21/h15-17,20,24H,3-14,18-19H2,1-2H3. The van der Waals surface area contributed by atoms with E-state index in [2.05, 4.69) is 24.8 Å². The Balaban J connectivity index is 2.36. The number of anilines is 1. The number of phenolic OH excluding ortho intramolecular Hbond substituents is 1. The van der Waals surface area contributed by atoms with Gasteiger partial charge in [0.1, 0.15) is 5.75 Å². The van der Waals surface area contributed by atoms with Crippen molar-refractivity contribution >= 4 is 5.69 Å². The lowest BCUT2D eigenvalue weighted by atomic mass is 10.1. The number of phenols is 1. The summed E-state index contributed by atoms with van der Waals surface area (Å²) in [6, 6.07) is 7.76. The van der Waals surface area contributed by atoms with Crippen molar-refractivity contribution in [3.8, 4) is 5.75 Å². The Morgan fingerprint density at radius 3 is 1.71 bits per heavy atom. The molecule has 0 spiro atoms.